The van der Waals surface area contributed by atoms with Gasteiger partial charge < -0.3 is 4.74 Å². The largest absolute Gasteiger partial charge is 0.465 e. The second kappa shape index (κ2) is 6.87. The van der Waals surface area contributed by atoms with Gasteiger partial charge in [-0.3, -0.25) is 9.69 Å². The van der Waals surface area contributed by atoms with Gasteiger partial charge in [-0.25, -0.2) is 4.98 Å². The number of piperidine rings is 1. The fraction of sp³-hybridized carbons (Fsp3) is 0.571. The lowest BCUT2D eigenvalue weighted by Crippen LogP contribution is -2.45. The van der Waals surface area contributed by atoms with Gasteiger partial charge >= 0.3 is 5.97 Å². The smallest absolute Gasteiger partial charge is 0.323 e. The Hall–Kier alpha value is -1.13. The molecule has 0 spiro atoms. The Bertz CT molecular complexity index is 439. The monoisotopic (exact) mass is 282 g/mol. The second-order valence-corrected chi connectivity index (χ2v) is 5.05. The molecule has 0 saturated carbocycles. The van der Waals surface area contributed by atoms with Crippen LogP contribution in [0.4, 0.5) is 0 Å². The first kappa shape index (κ1) is 14.3. The van der Waals surface area contributed by atoms with Crippen LogP contribution in [0.3, 0.4) is 0 Å². The lowest BCUT2D eigenvalue weighted by molar-refractivity contribution is -0.151. The summed E-state index contributed by atoms with van der Waals surface area (Å²) < 4.78 is 5.15. The second-order valence-electron chi connectivity index (χ2n) is 4.69. The molecule has 19 heavy (non-hydrogen) atoms. The van der Waals surface area contributed by atoms with Gasteiger partial charge in [-0.1, -0.05) is 24.1 Å². The predicted molar refractivity (Wildman–Crippen MR) is 73.9 cm³/mol. The first-order chi connectivity index (χ1) is 9.22. The molecule has 0 radical (unpaired) electrons. The van der Waals surface area contributed by atoms with E-state index in [1.165, 1.54) is 0 Å². The molecular weight excluding hydrogens is 264 g/mol. The van der Waals surface area contributed by atoms with Crippen molar-refractivity contribution in [2.75, 3.05) is 13.2 Å². The highest BCUT2D eigenvalue weighted by molar-refractivity contribution is 6.30. The minimum Gasteiger partial charge on any atom is -0.465 e. The molecule has 1 aliphatic rings. The summed E-state index contributed by atoms with van der Waals surface area (Å²) in [6.07, 6.45) is 4.70. The highest BCUT2D eigenvalue weighted by atomic mass is 35.5. The number of aromatic nitrogens is 1. The van der Waals surface area contributed by atoms with Crippen LogP contribution >= 0.6 is 11.6 Å². The molecule has 1 atom stereocenters. The minimum atomic E-state index is -0.148. The van der Waals surface area contributed by atoms with E-state index in [2.05, 4.69) is 9.88 Å². The normalized spacial score (nSPS) is 20.2. The molecule has 0 N–H and O–H groups in total. The molecule has 1 aromatic rings. The molecule has 2 heterocycles. The van der Waals surface area contributed by atoms with Gasteiger partial charge in [0.25, 0.3) is 0 Å². The lowest BCUT2D eigenvalue weighted by Gasteiger charge is -2.33. The van der Waals surface area contributed by atoms with E-state index in [1.807, 2.05) is 19.1 Å². The van der Waals surface area contributed by atoms with Crippen molar-refractivity contribution in [3.8, 4) is 0 Å². The van der Waals surface area contributed by atoms with Crippen LogP contribution in [-0.2, 0) is 16.1 Å². The maximum atomic E-state index is 12.0. The number of esters is 1. The number of ether oxygens (including phenoxy) is 1. The van der Waals surface area contributed by atoms with Gasteiger partial charge in [0, 0.05) is 18.3 Å². The van der Waals surface area contributed by atoms with E-state index < -0.39 is 0 Å². The zero-order valence-corrected chi connectivity index (χ0v) is 11.9. The molecule has 104 valence electrons. The Kier molecular flexibility index (Phi) is 5.16. The lowest BCUT2D eigenvalue weighted by atomic mass is 10.0. The third-order valence-corrected chi connectivity index (χ3v) is 3.72. The first-order valence-electron chi connectivity index (χ1n) is 6.72. The topological polar surface area (TPSA) is 42.4 Å². The zero-order valence-electron chi connectivity index (χ0n) is 11.1. The van der Waals surface area contributed by atoms with Gasteiger partial charge in [-0.15, -0.1) is 0 Å². The van der Waals surface area contributed by atoms with E-state index in [0.717, 1.165) is 31.4 Å². The van der Waals surface area contributed by atoms with Crippen molar-refractivity contribution in [2.24, 2.45) is 0 Å². The molecule has 1 aromatic heterocycles. The average molecular weight is 283 g/mol. The number of nitrogens with zero attached hydrogens (tertiary/aromatic N) is 2. The summed E-state index contributed by atoms with van der Waals surface area (Å²) in [7, 11) is 0. The Morgan fingerprint density at radius 3 is 3.16 bits per heavy atom. The summed E-state index contributed by atoms with van der Waals surface area (Å²) in [6, 6.07) is 3.67. The van der Waals surface area contributed by atoms with Crippen molar-refractivity contribution >= 4 is 17.6 Å². The third kappa shape index (κ3) is 3.67. The summed E-state index contributed by atoms with van der Waals surface area (Å²) in [5, 5.41) is 0.510. The van der Waals surface area contributed by atoms with E-state index in [-0.39, 0.29) is 12.0 Å². The van der Waals surface area contributed by atoms with Gasteiger partial charge in [-0.05, 0) is 32.4 Å². The molecular formula is C14H19ClN2O2. The molecule has 0 amide bonds. The number of rotatable bonds is 4. The number of carbonyl (C=O) groups is 1. The van der Waals surface area contributed by atoms with Crippen LogP contribution in [0.25, 0.3) is 0 Å². The van der Waals surface area contributed by atoms with Crippen molar-refractivity contribution in [2.45, 2.75) is 38.8 Å². The highest BCUT2D eigenvalue weighted by Gasteiger charge is 2.30. The summed E-state index contributed by atoms with van der Waals surface area (Å²) >= 11 is 6.08. The molecule has 0 aliphatic carbocycles. The molecule has 1 fully saturated rings. The number of pyridine rings is 1. The fourth-order valence-electron chi connectivity index (χ4n) is 2.44. The van der Waals surface area contributed by atoms with Crippen LogP contribution in [-0.4, -0.2) is 35.0 Å². The fourth-order valence-corrected chi connectivity index (χ4v) is 2.62. The molecule has 5 heteroatoms. The molecule has 0 bridgehead atoms. The summed E-state index contributed by atoms with van der Waals surface area (Å²) in [6.45, 7) is 3.81. The van der Waals surface area contributed by atoms with Crippen LogP contribution in [0.1, 0.15) is 31.7 Å². The van der Waals surface area contributed by atoms with Crippen molar-refractivity contribution in [1.82, 2.24) is 9.88 Å². The number of halogens is 1. The molecule has 2 rings (SSSR count). The molecule has 0 aromatic carbocycles. The molecule has 4 nitrogen and oxygen atoms in total. The number of hydrogen-bond acceptors (Lipinski definition) is 4. The maximum absolute atomic E-state index is 12.0. The van der Waals surface area contributed by atoms with Crippen LogP contribution in [0.15, 0.2) is 18.3 Å². The summed E-state index contributed by atoms with van der Waals surface area (Å²) in [5.41, 5.74) is 0.959. The SMILES string of the molecule is CCOC(=O)C1CCCCN1Cc1cccnc1Cl. The van der Waals surface area contributed by atoms with E-state index in [4.69, 9.17) is 16.3 Å². The Labute approximate surface area is 118 Å². The van der Waals surface area contributed by atoms with Crippen LogP contribution in [0, 0.1) is 0 Å². The van der Waals surface area contributed by atoms with Gasteiger partial charge in [0.2, 0.25) is 0 Å². The highest BCUT2D eigenvalue weighted by Crippen LogP contribution is 2.22. The quantitative estimate of drug-likeness (QED) is 0.629. The van der Waals surface area contributed by atoms with E-state index in [9.17, 15) is 4.79 Å². The number of likely N-dealkylation sites (tertiary alicyclic amines) is 1. The summed E-state index contributed by atoms with van der Waals surface area (Å²) in [4.78, 5) is 18.2. The zero-order chi connectivity index (χ0) is 13.7. The van der Waals surface area contributed by atoms with Crippen LogP contribution < -0.4 is 0 Å². The van der Waals surface area contributed by atoms with Crippen molar-refractivity contribution in [3.63, 3.8) is 0 Å². The molecule has 1 saturated heterocycles. The standard InChI is InChI=1S/C14H19ClN2O2/c1-2-19-14(18)12-7-3-4-9-17(12)10-11-6-5-8-16-13(11)15/h5-6,8,12H,2-4,7,9-10H2,1H3. The number of hydrogen-bond donors (Lipinski definition) is 0. The third-order valence-electron chi connectivity index (χ3n) is 3.38. The first-order valence-corrected chi connectivity index (χ1v) is 7.10. The van der Waals surface area contributed by atoms with Gasteiger partial charge in [0.15, 0.2) is 0 Å². The average Bonchev–Trinajstić information content (AvgIpc) is 2.42. The van der Waals surface area contributed by atoms with Crippen LogP contribution in [0.2, 0.25) is 5.15 Å². The van der Waals surface area contributed by atoms with Gasteiger partial charge in [-0.2, -0.15) is 0 Å². The molecule has 1 aliphatic heterocycles. The molecule has 1 unspecified atom stereocenters. The van der Waals surface area contributed by atoms with E-state index in [1.54, 1.807) is 6.20 Å². The predicted octanol–water partition coefficient (Wildman–Crippen LogP) is 2.65. The van der Waals surface area contributed by atoms with Gasteiger partial charge in [0.05, 0.1) is 6.61 Å². The Balaban J connectivity index is 2.07. The van der Waals surface area contributed by atoms with Crippen LogP contribution in [0.5, 0.6) is 0 Å². The Morgan fingerprint density at radius 1 is 1.58 bits per heavy atom. The number of carbonyl (C=O) groups excluding carboxylic acids is 1. The van der Waals surface area contributed by atoms with Gasteiger partial charge in [0.1, 0.15) is 11.2 Å². The van der Waals surface area contributed by atoms with Crippen molar-refractivity contribution in [3.05, 3.63) is 29.0 Å². The minimum absolute atomic E-state index is 0.123. The van der Waals surface area contributed by atoms with E-state index in [0.29, 0.717) is 18.3 Å². The summed E-state index contributed by atoms with van der Waals surface area (Å²) in [5.74, 6) is -0.123. The van der Waals surface area contributed by atoms with Crippen molar-refractivity contribution < 1.29 is 9.53 Å². The maximum Gasteiger partial charge on any atom is 0.323 e. The Morgan fingerprint density at radius 2 is 2.42 bits per heavy atom. The van der Waals surface area contributed by atoms with E-state index >= 15 is 0 Å². The van der Waals surface area contributed by atoms with Crippen molar-refractivity contribution in [1.29, 1.82) is 0 Å².